The molecule has 4 nitrogen and oxygen atoms in total. The van der Waals surface area contributed by atoms with Gasteiger partial charge in [0, 0.05) is 11.5 Å². The predicted molar refractivity (Wildman–Crippen MR) is 69.2 cm³/mol. The zero-order valence-corrected chi connectivity index (χ0v) is 10.8. The Balaban J connectivity index is 2.49. The third-order valence-corrected chi connectivity index (χ3v) is 4.00. The molecule has 0 saturated heterocycles. The van der Waals surface area contributed by atoms with Crippen LogP contribution in [0, 0.1) is 6.92 Å². The summed E-state index contributed by atoms with van der Waals surface area (Å²) in [6, 6.07) is 1.91. The molecule has 2 N–H and O–H groups in total. The number of halogens is 3. The topological polar surface area (TPSA) is 66.0 Å². The number of aromatic nitrogens is 2. The van der Waals surface area contributed by atoms with E-state index in [1.165, 1.54) is 6.92 Å². The highest BCUT2D eigenvalue weighted by atomic mass is 32.1. The van der Waals surface area contributed by atoms with Crippen LogP contribution in [0.1, 0.15) is 11.3 Å². The number of nitrogens with zero attached hydrogens (tertiary/aromatic N) is 1. The summed E-state index contributed by atoms with van der Waals surface area (Å²) in [6.07, 6.45) is -4.54. The Bertz CT molecular complexity index is 895. The second-order valence-electron chi connectivity index (χ2n) is 4.33. The van der Waals surface area contributed by atoms with Crippen LogP contribution in [0.2, 0.25) is 0 Å². The first kappa shape index (κ1) is 12.9. The van der Waals surface area contributed by atoms with Crippen molar-refractivity contribution in [2.24, 2.45) is 0 Å². The number of aromatic amines is 1. The van der Waals surface area contributed by atoms with Crippen LogP contribution in [0.4, 0.5) is 13.2 Å². The van der Waals surface area contributed by atoms with Gasteiger partial charge in [-0.3, -0.25) is 4.79 Å². The molecule has 20 heavy (non-hydrogen) atoms. The maximum atomic E-state index is 12.7. The Morgan fingerprint density at radius 2 is 2.05 bits per heavy atom. The first-order chi connectivity index (χ1) is 9.27. The molecule has 104 valence electrons. The predicted octanol–water partition coefficient (Wildman–Crippen LogP) is 3.17. The molecule has 3 rings (SSSR count). The summed E-state index contributed by atoms with van der Waals surface area (Å²) in [5.74, 6) is -0.264. The van der Waals surface area contributed by atoms with E-state index in [4.69, 9.17) is 0 Å². The van der Waals surface area contributed by atoms with Crippen LogP contribution in [-0.2, 0) is 6.18 Å². The largest absolute Gasteiger partial charge is 0.506 e. The number of H-pyrrole nitrogens is 1. The number of fused-ring (bicyclic) bond motifs is 3. The molecule has 8 heteroatoms. The lowest BCUT2D eigenvalue weighted by molar-refractivity contribution is -0.141. The molecule has 3 aromatic heterocycles. The molecule has 0 bridgehead atoms. The minimum Gasteiger partial charge on any atom is -0.506 e. The summed E-state index contributed by atoms with van der Waals surface area (Å²) in [5.41, 5.74) is -0.853. The number of aryl methyl sites for hydroxylation is 1. The van der Waals surface area contributed by atoms with Gasteiger partial charge in [-0.05, 0) is 18.6 Å². The molecule has 0 atom stereocenters. The van der Waals surface area contributed by atoms with E-state index in [1.54, 1.807) is 0 Å². The fourth-order valence-electron chi connectivity index (χ4n) is 2.08. The van der Waals surface area contributed by atoms with E-state index in [-0.39, 0.29) is 10.6 Å². The lowest BCUT2D eigenvalue weighted by Crippen LogP contribution is -2.08. The number of hydrogen-bond acceptors (Lipinski definition) is 4. The number of thiophene rings is 1. The van der Waals surface area contributed by atoms with Gasteiger partial charge in [-0.2, -0.15) is 13.2 Å². The van der Waals surface area contributed by atoms with Gasteiger partial charge in [-0.15, -0.1) is 11.3 Å². The van der Waals surface area contributed by atoms with Crippen molar-refractivity contribution in [1.82, 2.24) is 9.97 Å². The van der Waals surface area contributed by atoms with Crippen LogP contribution in [0.15, 0.2) is 16.9 Å². The van der Waals surface area contributed by atoms with E-state index in [1.807, 2.05) is 0 Å². The summed E-state index contributed by atoms with van der Waals surface area (Å²) in [7, 11) is 0. The SMILES string of the molecule is Cc1cc(C(F)(F)F)nc2sc3c(O)cc(=O)[nH]c3c12. The van der Waals surface area contributed by atoms with Gasteiger partial charge in [0.25, 0.3) is 5.56 Å². The van der Waals surface area contributed by atoms with Crippen molar-refractivity contribution in [2.45, 2.75) is 13.1 Å². The normalized spacial score (nSPS) is 12.4. The van der Waals surface area contributed by atoms with Crippen molar-refractivity contribution in [2.75, 3.05) is 0 Å². The van der Waals surface area contributed by atoms with E-state index in [9.17, 15) is 23.1 Å². The van der Waals surface area contributed by atoms with Gasteiger partial charge in [0.2, 0.25) is 0 Å². The molecular formula is C12H7F3N2O2S. The summed E-state index contributed by atoms with van der Waals surface area (Å²) in [4.78, 5) is 17.6. The van der Waals surface area contributed by atoms with Crippen molar-refractivity contribution < 1.29 is 18.3 Å². The van der Waals surface area contributed by atoms with Crippen LogP contribution in [0.25, 0.3) is 20.4 Å². The van der Waals surface area contributed by atoms with Crippen LogP contribution in [0.5, 0.6) is 5.75 Å². The average Bonchev–Trinajstić information content (AvgIpc) is 2.67. The summed E-state index contributed by atoms with van der Waals surface area (Å²) in [5, 5.41) is 10.1. The average molecular weight is 300 g/mol. The van der Waals surface area contributed by atoms with Gasteiger partial charge in [0.15, 0.2) is 0 Å². The standard InChI is InChI=1S/C12H7F3N2O2S/c1-4-2-6(12(13,14)15)16-11-8(4)9-10(20-11)5(18)3-7(19)17-9/h2-3H,1H3,(H2,17,18,19). The molecule has 0 spiro atoms. The molecule has 0 amide bonds. The van der Waals surface area contributed by atoms with E-state index in [2.05, 4.69) is 9.97 Å². The van der Waals surface area contributed by atoms with Gasteiger partial charge in [-0.1, -0.05) is 0 Å². The van der Waals surface area contributed by atoms with Crippen molar-refractivity contribution in [3.63, 3.8) is 0 Å². The molecule has 3 heterocycles. The Hall–Kier alpha value is -2.09. The van der Waals surface area contributed by atoms with Gasteiger partial charge < -0.3 is 10.1 Å². The highest BCUT2D eigenvalue weighted by Gasteiger charge is 2.33. The minimum atomic E-state index is -4.54. The Morgan fingerprint density at radius 3 is 2.70 bits per heavy atom. The first-order valence-electron chi connectivity index (χ1n) is 5.50. The zero-order valence-electron chi connectivity index (χ0n) is 10.00. The smallest absolute Gasteiger partial charge is 0.433 e. The second kappa shape index (κ2) is 3.95. The summed E-state index contributed by atoms with van der Waals surface area (Å²) in [6.45, 7) is 1.51. The molecule has 3 aromatic rings. The number of rotatable bonds is 0. The van der Waals surface area contributed by atoms with E-state index < -0.39 is 17.4 Å². The molecule has 0 aromatic carbocycles. The van der Waals surface area contributed by atoms with Gasteiger partial charge in [-0.25, -0.2) is 4.98 Å². The van der Waals surface area contributed by atoms with Crippen molar-refractivity contribution in [3.8, 4) is 5.75 Å². The number of nitrogens with one attached hydrogen (secondary N) is 1. The Morgan fingerprint density at radius 1 is 1.35 bits per heavy atom. The highest BCUT2D eigenvalue weighted by molar-refractivity contribution is 7.25. The fourth-order valence-corrected chi connectivity index (χ4v) is 3.20. The van der Waals surface area contributed by atoms with Gasteiger partial charge in [0.1, 0.15) is 16.3 Å². The maximum absolute atomic E-state index is 12.7. The highest BCUT2D eigenvalue weighted by Crippen LogP contribution is 2.39. The third kappa shape index (κ3) is 1.83. The number of pyridine rings is 2. The lowest BCUT2D eigenvalue weighted by atomic mass is 10.1. The van der Waals surface area contributed by atoms with Crippen LogP contribution >= 0.6 is 11.3 Å². The molecule has 0 aliphatic rings. The number of aromatic hydroxyl groups is 1. The fraction of sp³-hybridized carbons (Fsp3) is 0.167. The first-order valence-corrected chi connectivity index (χ1v) is 6.32. The summed E-state index contributed by atoms with van der Waals surface area (Å²) < 4.78 is 38.5. The van der Waals surface area contributed by atoms with Crippen molar-refractivity contribution in [1.29, 1.82) is 0 Å². The molecule has 0 saturated carbocycles. The van der Waals surface area contributed by atoms with Crippen LogP contribution in [0.3, 0.4) is 0 Å². The van der Waals surface area contributed by atoms with Crippen molar-refractivity contribution in [3.05, 3.63) is 33.7 Å². The molecule has 0 radical (unpaired) electrons. The molecule has 0 unspecified atom stereocenters. The molecule has 0 aliphatic heterocycles. The number of alkyl halides is 3. The molecule has 0 aliphatic carbocycles. The van der Waals surface area contributed by atoms with E-state index in [0.29, 0.717) is 21.2 Å². The van der Waals surface area contributed by atoms with Crippen LogP contribution in [-0.4, -0.2) is 15.1 Å². The quantitative estimate of drug-likeness (QED) is 0.670. The lowest BCUT2D eigenvalue weighted by Gasteiger charge is -2.06. The van der Waals surface area contributed by atoms with Crippen LogP contribution < -0.4 is 5.56 Å². The Kier molecular flexibility index (Phi) is 2.55. The zero-order chi connectivity index (χ0) is 14.7. The van der Waals surface area contributed by atoms with Gasteiger partial charge in [0.05, 0.1) is 10.2 Å². The second-order valence-corrected chi connectivity index (χ2v) is 5.33. The van der Waals surface area contributed by atoms with Crippen molar-refractivity contribution >= 4 is 31.8 Å². The maximum Gasteiger partial charge on any atom is 0.433 e. The Labute approximate surface area is 113 Å². The molecule has 0 fully saturated rings. The van der Waals surface area contributed by atoms with E-state index >= 15 is 0 Å². The molecular weight excluding hydrogens is 293 g/mol. The van der Waals surface area contributed by atoms with Gasteiger partial charge >= 0.3 is 6.18 Å². The minimum absolute atomic E-state index is 0.129. The monoisotopic (exact) mass is 300 g/mol. The third-order valence-electron chi connectivity index (χ3n) is 2.90. The number of hydrogen-bond donors (Lipinski definition) is 2. The summed E-state index contributed by atoms with van der Waals surface area (Å²) >= 11 is 0.910. The van der Waals surface area contributed by atoms with E-state index in [0.717, 1.165) is 23.5 Å².